The van der Waals surface area contributed by atoms with Crippen LogP contribution in [0.15, 0.2) is 35.2 Å². The molecule has 0 unspecified atom stereocenters. The van der Waals surface area contributed by atoms with Crippen molar-refractivity contribution < 1.29 is 13.5 Å². The molecule has 3 aliphatic rings. The second kappa shape index (κ2) is 5.62. The zero-order valence-corrected chi connectivity index (χ0v) is 14.0. The highest BCUT2D eigenvalue weighted by atomic mass is 32.2. The van der Waals surface area contributed by atoms with Crippen molar-refractivity contribution >= 4 is 10.0 Å². The standard InChI is InChI=1S/C17H25NO3S/c1-17(2)12-10-15(17)14(8-9-19)16(11-12)18-22(20,21)13-6-4-3-5-7-13/h3-7,12,14-16,18-19H,8-11H2,1-2H3/t12-,14-,15+,16-/m1/s1. The molecule has 2 N–H and O–H groups in total. The lowest BCUT2D eigenvalue weighted by atomic mass is 9.44. The molecule has 3 aliphatic carbocycles. The van der Waals surface area contributed by atoms with Crippen molar-refractivity contribution in [1.29, 1.82) is 0 Å². The number of aliphatic hydroxyl groups excluding tert-OH is 1. The number of benzene rings is 1. The average molecular weight is 323 g/mol. The van der Waals surface area contributed by atoms with E-state index in [0.29, 0.717) is 23.2 Å². The second-order valence-corrected chi connectivity index (χ2v) is 9.03. The Morgan fingerprint density at radius 2 is 1.91 bits per heavy atom. The van der Waals surface area contributed by atoms with E-state index in [1.54, 1.807) is 24.3 Å². The van der Waals surface area contributed by atoms with Crippen molar-refractivity contribution in [2.75, 3.05) is 6.61 Å². The summed E-state index contributed by atoms with van der Waals surface area (Å²) in [7, 11) is -3.48. The Kier molecular flexibility index (Phi) is 4.08. The number of hydrogen-bond donors (Lipinski definition) is 2. The summed E-state index contributed by atoms with van der Waals surface area (Å²) in [5.41, 5.74) is 0.272. The van der Waals surface area contributed by atoms with Crippen molar-refractivity contribution in [2.45, 2.75) is 44.0 Å². The van der Waals surface area contributed by atoms with Crippen LogP contribution in [-0.4, -0.2) is 26.2 Å². The molecule has 0 saturated heterocycles. The van der Waals surface area contributed by atoms with Crippen molar-refractivity contribution in [3.8, 4) is 0 Å². The van der Waals surface area contributed by atoms with Gasteiger partial charge in [0.15, 0.2) is 0 Å². The van der Waals surface area contributed by atoms with E-state index in [1.165, 1.54) is 6.42 Å². The predicted molar refractivity (Wildman–Crippen MR) is 85.7 cm³/mol. The van der Waals surface area contributed by atoms with Crippen molar-refractivity contribution in [2.24, 2.45) is 23.2 Å². The number of hydrogen-bond acceptors (Lipinski definition) is 3. The predicted octanol–water partition coefficient (Wildman–Crippen LogP) is 2.40. The van der Waals surface area contributed by atoms with Gasteiger partial charge in [0.25, 0.3) is 0 Å². The largest absolute Gasteiger partial charge is 0.396 e. The van der Waals surface area contributed by atoms with Crippen molar-refractivity contribution in [3.63, 3.8) is 0 Å². The normalized spacial score (nSPS) is 33.2. The summed E-state index contributed by atoms with van der Waals surface area (Å²) in [4.78, 5) is 0.316. The van der Waals surface area contributed by atoms with Crippen LogP contribution in [0.3, 0.4) is 0 Å². The minimum atomic E-state index is -3.48. The lowest BCUT2D eigenvalue weighted by Crippen LogP contribution is -2.61. The molecule has 0 heterocycles. The molecule has 5 heteroatoms. The fourth-order valence-electron chi connectivity index (χ4n) is 4.50. The van der Waals surface area contributed by atoms with Gasteiger partial charge < -0.3 is 5.11 Å². The number of sulfonamides is 1. The quantitative estimate of drug-likeness (QED) is 0.874. The van der Waals surface area contributed by atoms with Crippen LogP contribution in [0.5, 0.6) is 0 Å². The van der Waals surface area contributed by atoms with Gasteiger partial charge in [-0.3, -0.25) is 0 Å². The molecule has 0 aliphatic heterocycles. The second-order valence-electron chi connectivity index (χ2n) is 7.31. The molecular weight excluding hydrogens is 298 g/mol. The maximum Gasteiger partial charge on any atom is 0.240 e. The van der Waals surface area contributed by atoms with Gasteiger partial charge in [-0.25, -0.2) is 13.1 Å². The Labute approximate surface area is 133 Å². The minimum absolute atomic E-state index is 0.0610. The SMILES string of the molecule is CC1(C)[C@H]2C[C@@H](NS(=O)(=O)c3ccccc3)[C@H](CCO)[C@@H]1C2. The van der Waals surface area contributed by atoms with E-state index in [2.05, 4.69) is 18.6 Å². The Morgan fingerprint density at radius 1 is 1.23 bits per heavy atom. The molecule has 1 aromatic carbocycles. The van der Waals surface area contributed by atoms with E-state index < -0.39 is 10.0 Å². The molecule has 0 amide bonds. The van der Waals surface area contributed by atoms with Gasteiger partial charge in [0, 0.05) is 12.6 Å². The molecule has 122 valence electrons. The third-order valence-corrected chi connectivity index (χ3v) is 7.45. The smallest absolute Gasteiger partial charge is 0.240 e. The molecule has 22 heavy (non-hydrogen) atoms. The number of rotatable bonds is 5. The highest BCUT2D eigenvalue weighted by molar-refractivity contribution is 7.89. The highest BCUT2D eigenvalue weighted by Crippen LogP contribution is 2.62. The van der Waals surface area contributed by atoms with Gasteiger partial charge in [-0.1, -0.05) is 32.0 Å². The fraction of sp³-hybridized carbons (Fsp3) is 0.647. The van der Waals surface area contributed by atoms with Crippen LogP contribution in [0, 0.1) is 23.2 Å². The first-order valence-electron chi connectivity index (χ1n) is 8.04. The molecule has 2 bridgehead atoms. The molecule has 4 atom stereocenters. The first-order chi connectivity index (χ1) is 10.4. The van der Waals surface area contributed by atoms with Crippen LogP contribution in [0.2, 0.25) is 0 Å². The zero-order chi connectivity index (χ0) is 16.0. The van der Waals surface area contributed by atoms with Crippen molar-refractivity contribution in [1.82, 2.24) is 4.72 Å². The highest BCUT2D eigenvalue weighted by Gasteiger charge is 2.57. The van der Waals surface area contributed by atoms with E-state index in [9.17, 15) is 13.5 Å². The first-order valence-corrected chi connectivity index (χ1v) is 9.53. The third-order valence-electron chi connectivity index (χ3n) is 5.94. The summed E-state index contributed by atoms with van der Waals surface area (Å²) in [5.74, 6) is 1.31. The van der Waals surface area contributed by atoms with Gasteiger partial charge >= 0.3 is 0 Å². The fourth-order valence-corrected chi connectivity index (χ4v) is 5.82. The summed E-state index contributed by atoms with van der Waals surface area (Å²) in [6, 6.07) is 8.47. The van der Waals surface area contributed by atoms with E-state index in [-0.39, 0.29) is 24.0 Å². The molecule has 0 spiro atoms. The van der Waals surface area contributed by atoms with Gasteiger partial charge in [0.1, 0.15) is 0 Å². The molecule has 1 aromatic rings. The molecule has 4 rings (SSSR count). The van der Waals surface area contributed by atoms with E-state index in [4.69, 9.17) is 0 Å². The number of fused-ring (bicyclic) bond motifs is 2. The Morgan fingerprint density at radius 3 is 2.50 bits per heavy atom. The molecule has 0 aromatic heterocycles. The van der Waals surface area contributed by atoms with Crippen molar-refractivity contribution in [3.05, 3.63) is 30.3 Å². The maximum atomic E-state index is 12.6. The summed E-state index contributed by atoms with van der Waals surface area (Å²) < 4.78 is 28.0. The lowest BCUT2D eigenvalue weighted by Gasteiger charge is -2.62. The maximum absolute atomic E-state index is 12.6. The minimum Gasteiger partial charge on any atom is -0.396 e. The molecule has 3 saturated carbocycles. The summed E-state index contributed by atoms with van der Waals surface area (Å²) in [5, 5.41) is 9.38. The van der Waals surface area contributed by atoms with Crippen LogP contribution in [0.4, 0.5) is 0 Å². The molecule has 0 radical (unpaired) electrons. The molecular formula is C17H25NO3S. The monoisotopic (exact) mass is 323 g/mol. The van der Waals surface area contributed by atoms with Gasteiger partial charge in [-0.2, -0.15) is 0 Å². The molecule has 4 nitrogen and oxygen atoms in total. The summed E-state index contributed by atoms with van der Waals surface area (Å²) in [6.45, 7) is 4.67. The zero-order valence-electron chi connectivity index (χ0n) is 13.2. The first kappa shape index (κ1) is 16.0. The number of nitrogens with one attached hydrogen (secondary N) is 1. The van der Waals surface area contributed by atoms with Crippen LogP contribution in [0.1, 0.15) is 33.1 Å². The Hall–Kier alpha value is -0.910. The van der Waals surface area contributed by atoms with Crippen LogP contribution in [-0.2, 0) is 10.0 Å². The number of aliphatic hydroxyl groups is 1. The van der Waals surface area contributed by atoms with Crippen LogP contribution < -0.4 is 4.72 Å². The summed E-state index contributed by atoms with van der Waals surface area (Å²) in [6.07, 6.45) is 2.71. The van der Waals surface area contributed by atoms with E-state index in [0.717, 1.165) is 6.42 Å². The Balaban J connectivity index is 1.80. The van der Waals surface area contributed by atoms with Gasteiger partial charge in [0.2, 0.25) is 10.0 Å². The topological polar surface area (TPSA) is 66.4 Å². The van der Waals surface area contributed by atoms with Gasteiger partial charge in [0.05, 0.1) is 4.90 Å². The van der Waals surface area contributed by atoms with Gasteiger partial charge in [-0.15, -0.1) is 0 Å². The van der Waals surface area contributed by atoms with E-state index in [1.807, 2.05) is 6.07 Å². The van der Waals surface area contributed by atoms with E-state index >= 15 is 0 Å². The van der Waals surface area contributed by atoms with Crippen LogP contribution in [0.25, 0.3) is 0 Å². The third kappa shape index (κ3) is 2.59. The van der Waals surface area contributed by atoms with Gasteiger partial charge in [-0.05, 0) is 54.6 Å². The lowest BCUT2D eigenvalue weighted by molar-refractivity contribution is -0.121. The Bertz CT molecular complexity index is 627. The van der Waals surface area contributed by atoms with Crippen LogP contribution >= 0.6 is 0 Å². The average Bonchev–Trinajstić information content (AvgIpc) is 2.49. The molecule has 3 fully saturated rings. The summed E-state index contributed by atoms with van der Waals surface area (Å²) >= 11 is 0.